The van der Waals surface area contributed by atoms with Gasteiger partial charge in [0.2, 0.25) is 0 Å². The fraction of sp³-hybridized carbons (Fsp3) is 0.533. The molecule has 1 atom stereocenters. The second kappa shape index (κ2) is 5.88. The van der Waals surface area contributed by atoms with Gasteiger partial charge in [-0.3, -0.25) is 0 Å². The molecule has 1 N–H and O–H groups in total. The average molecular weight is 279 g/mol. The van der Waals surface area contributed by atoms with Crippen LogP contribution in [0.2, 0.25) is 0 Å². The summed E-state index contributed by atoms with van der Waals surface area (Å²) in [6, 6.07) is 5.91. The lowest BCUT2D eigenvalue weighted by molar-refractivity contribution is 0.0655. The van der Waals surface area contributed by atoms with E-state index in [1.54, 1.807) is 0 Å². The smallest absolute Gasteiger partial charge is 0.129 e. The third-order valence-corrected chi connectivity index (χ3v) is 4.30. The summed E-state index contributed by atoms with van der Waals surface area (Å²) in [6.07, 6.45) is 3.18. The van der Waals surface area contributed by atoms with Gasteiger partial charge in [0.15, 0.2) is 0 Å². The van der Waals surface area contributed by atoms with Crippen molar-refractivity contribution < 1.29 is 9.84 Å². The fourth-order valence-electron chi connectivity index (χ4n) is 2.02. The first kappa shape index (κ1) is 14.3. The van der Waals surface area contributed by atoms with Crippen molar-refractivity contribution in [2.75, 3.05) is 6.61 Å². The number of hydrogen-bond donors (Lipinski definition) is 1. The Bertz CT molecular complexity index is 536. The van der Waals surface area contributed by atoms with Crippen molar-refractivity contribution in [3.63, 3.8) is 0 Å². The van der Waals surface area contributed by atoms with Crippen molar-refractivity contribution in [3.05, 3.63) is 24.4 Å². The molecule has 0 aliphatic rings. The number of rotatable bonds is 6. The minimum absolute atomic E-state index is 0.152. The lowest BCUT2D eigenvalue weighted by atomic mass is 9.84. The Morgan fingerprint density at radius 2 is 2.21 bits per heavy atom. The maximum Gasteiger partial charge on any atom is 0.129 e. The molecule has 0 spiro atoms. The zero-order valence-corrected chi connectivity index (χ0v) is 12.5. The summed E-state index contributed by atoms with van der Waals surface area (Å²) < 4.78 is 11.0. The summed E-state index contributed by atoms with van der Waals surface area (Å²) >= 11 is 1.46. The van der Waals surface area contributed by atoms with Gasteiger partial charge in [-0.2, -0.15) is 4.37 Å². The molecular formula is C15H21NO2S. The lowest BCUT2D eigenvalue weighted by Crippen LogP contribution is -2.25. The van der Waals surface area contributed by atoms with Crippen LogP contribution in [0.15, 0.2) is 24.4 Å². The summed E-state index contributed by atoms with van der Waals surface area (Å²) in [5.74, 6) is 0.805. The molecule has 1 aromatic carbocycles. The molecule has 1 unspecified atom stereocenters. The maximum atomic E-state index is 10.1. The molecule has 0 aliphatic carbocycles. The fourth-order valence-corrected chi connectivity index (χ4v) is 2.68. The molecule has 0 fully saturated rings. The highest BCUT2D eigenvalue weighted by atomic mass is 32.1. The van der Waals surface area contributed by atoms with E-state index in [1.807, 2.05) is 24.4 Å². The quantitative estimate of drug-likeness (QED) is 0.873. The van der Waals surface area contributed by atoms with Gasteiger partial charge in [-0.25, -0.2) is 0 Å². The van der Waals surface area contributed by atoms with Gasteiger partial charge in [0.05, 0.1) is 22.4 Å². The van der Waals surface area contributed by atoms with Crippen molar-refractivity contribution in [3.8, 4) is 5.75 Å². The summed E-state index contributed by atoms with van der Waals surface area (Å²) in [4.78, 5) is 0. The van der Waals surface area contributed by atoms with Crippen LogP contribution < -0.4 is 4.74 Å². The minimum Gasteiger partial charge on any atom is -0.490 e. The molecule has 1 aromatic heterocycles. The third kappa shape index (κ3) is 3.67. The number of aliphatic hydroxyl groups is 1. The van der Waals surface area contributed by atoms with Crippen LogP contribution in [-0.2, 0) is 0 Å². The average Bonchev–Trinajstić information content (AvgIpc) is 2.84. The number of nitrogens with zero attached hydrogens (tertiary/aromatic N) is 1. The number of aromatic nitrogens is 1. The van der Waals surface area contributed by atoms with Crippen molar-refractivity contribution in [1.29, 1.82) is 0 Å². The van der Waals surface area contributed by atoms with Crippen LogP contribution in [0.5, 0.6) is 5.75 Å². The number of hydrogen-bond acceptors (Lipinski definition) is 4. The van der Waals surface area contributed by atoms with E-state index in [0.29, 0.717) is 6.61 Å². The Morgan fingerprint density at radius 3 is 2.95 bits per heavy atom. The molecule has 0 saturated heterocycles. The second-order valence-electron chi connectivity index (χ2n) is 5.68. The van der Waals surface area contributed by atoms with Crippen LogP contribution in [0.4, 0.5) is 0 Å². The molecule has 104 valence electrons. The largest absolute Gasteiger partial charge is 0.490 e. The Balaban J connectivity index is 1.97. The maximum absolute atomic E-state index is 10.1. The Labute approximate surface area is 118 Å². The van der Waals surface area contributed by atoms with Crippen LogP contribution in [0.25, 0.3) is 10.1 Å². The van der Waals surface area contributed by atoms with Gasteiger partial charge in [-0.1, -0.05) is 33.3 Å². The molecule has 0 bridgehead atoms. The molecule has 0 aliphatic heterocycles. The van der Waals surface area contributed by atoms with Crippen LogP contribution in [0, 0.1) is 5.41 Å². The predicted octanol–water partition coefficient (Wildman–Crippen LogP) is 3.86. The summed E-state index contributed by atoms with van der Waals surface area (Å²) in [6.45, 7) is 6.81. The highest BCUT2D eigenvalue weighted by molar-refractivity contribution is 7.13. The summed E-state index contributed by atoms with van der Waals surface area (Å²) in [7, 11) is 0. The van der Waals surface area contributed by atoms with Crippen LogP contribution in [0.3, 0.4) is 0 Å². The van der Waals surface area contributed by atoms with E-state index >= 15 is 0 Å². The zero-order chi connectivity index (χ0) is 13.9. The monoisotopic (exact) mass is 279 g/mol. The Kier molecular flexibility index (Phi) is 4.42. The van der Waals surface area contributed by atoms with Crippen molar-refractivity contribution in [1.82, 2.24) is 4.37 Å². The van der Waals surface area contributed by atoms with Crippen molar-refractivity contribution >= 4 is 21.6 Å². The number of benzene rings is 1. The highest BCUT2D eigenvalue weighted by Gasteiger charge is 2.20. The number of ether oxygens (including phenoxy) is 1. The van der Waals surface area contributed by atoms with E-state index in [2.05, 4.69) is 25.1 Å². The lowest BCUT2D eigenvalue weighted by Gasteiger charge is -2.25. The van der Waals surface area contributed by atoms with Gasteiger partial charge in [0.25, 0.3) is 0 Å². The molecule has 0 saturated carbocycles. The highest BCUT2D eigenvalue weighted by Crippen LogP contribution is 2.29. The first-order chi connectivity index (χ1) is 9.02. The minimum atomic E-state index is -0.434. The van der Waals surface area contributed by atoms with E-state index in [-0.39, 0.29) is 5.41 Å². The van der Waals surface area contributed by atoms with E-state index in [9.17, 15) is 5.11 Å². The molecule has 0 amide bonds. The molecule has 4 heteroatoms. The SMILES string of the molecule is CCC(C)(C)CC(O)COc1cccc2sncc12. The summed E-state index contributed by atoms with van der Waals surface area (Å²) in [5.41, 5.74) is 0.152. The predicted molar refractivity (Wildman–Crippen MR) is 79.8 cm³/mol. The molecule has 1 heterocycles. The van der Waals surface area contributed by atoms with Gasteiger partial charge in [-0.15, -0.1) is 0 Å². The van der Waals surface area contributed by atoms with E-state index < -0.39 is 6.10 Å². The van der Waals surface area contributed by atoms with Gasteiger partial charge in [0, 0.05) is 0 Å². The van der Waals surface area contributed by atoms with Gasteiger partial charge in [-0.05, 0) is 35.5 Å². The third-order valence-electron chi connectivity index (χ3n) is 3.54. The van der Waals surface area contributed by atoms with Crippen molar-refractivity contribution in [2.45, 2.75) is 39.7 Å². The van der Waals surface area contributed by atoms with Crippen LogP contribution in [-0.4, -0.2) is 22.2 Å². The molecule has 19 heavy (non-hydrogen) atoms. The van der Waals surface area contributed by atoms with Gasteiger partial charge < -0.3 is 9.84 Å². The second-order valence-corrected chi connectivity index (χ2v) is 6.51. The van der Waals surface area contributed by atoms with Crippen molar-refractivity contribution in [2.24, 2.45) is 5.41 Å². The van der Waals surface area contributed by atoms with Gasteiger partial charge >= 0.3 is 0 Å². The molecular weight excluding hydrogens is 258 g/mol. The Hall–Kier alpha value is -1.13. The zero-order valence-electron chi connectivity index (χ0n) is 11.7. The van der Waals surface area contributed by atoms with E-state index in [4.69, 9.17) is 4.74 Å². The first-order valence-electron chi connectivity index (χ1n) is 6.66. The van der Waals surface area contributed by atoms with Crippen LogP contribution in [0.1, 0.15) is 33.6 Å². The standard InChI is InChI=1S/C15H21NO2S/c1-4-15(2,3)8-11(17)10-18-13-6-5-7-14-12(13)9-16-19-14/h5-7,9,11,17H,4,8,10H2,1-3H3. The van der Waals surface area contributed by atoms with E-state index in [0.717, 1.165) is 28.7 Å². The molecule has 0 radical (unpaired) electrons. The summed E-state index contributed by atoms with van der Waals surface area (Å²) in [5, 5.41) is 11.1. The Morgan fingerprint density at radius 1 is 1.42 bits per heavy atom. The normalized spacial score (nSPS) is 13.7. The molecule has 2 rings (SSSR count). The van der Waals surface area contributed by atoms with Crippen LogP contribution >= 0.6 is 11.5 Å². The van der Waals surface area contributed by atoms with Gasteiger partial charge in [0.1, 0.15) is 12.4 Å². The molecule has 2 aromatic rings. The van der Waals surface area contributed by atoms with E-state index in [1.165, 1.54) is 11.5 Å². The first-order valence-corrected chi connectivity index (χ1v) is 7.43. The molecule has 3 nitrogen and oxygen atoms in total. The topological polar surface area (TPSA) is 42.4 Å². The number of aliphatic hydroxyl groups excluding tert-OH is 1. The number of fused-ring (bicyclic) bond motifs is 1.